The maximum absolute atomic E-state index is 12.6. The lowest BCUT2D eigenvalue weighted by Gasteiger charge is -2.11. The van der Waals surface area contributed by atoms with Crippen molar-refractivity contribution < 1.29 is 18.9 Å². The van der Waals surface area contributed by atoms with Gasteiger partial charge in [-0.2, -0.15) is 0 Å². The van der Waals surface area contributed by atoms with Gasteiger partial charge >= 0.3 is 0 Å². The van der Waals surface area contributed by atoms with Gasteiger partial charge in [0.25, 0.3) is 11.6 Å². The highest BCUT2D eigenvalue weighted by atomic mass is 16.6. The largest absolute Gasteiger partial charge is 0.496 e. The van der Waals surface area contributed by atoms with Gasteiger partial charge in [0.2, 0.25) is 5.89 Å². The number of methoxy groups -OCH3 is 1. The van der Waals surface area contributed by atoms with E-state index in [1.54, 1.807) is 18.2 Å². The van der Waals surface area contributed by atoms with E-state index in [-0.39, 0.29) is 22.4 Å². The van der Waals surface area contributed by atoms with Gasteiger partial charge < -0.3 is 14.5 Å². The molecule has 0 spiro atoms. The predicted molar refractivity (Wildman–Crippen MR) is 100 cm³/mol. The van der Waals surface area contributed by atoms with E-state index in [9.17, 15) is 14.9 Å². The van der Waals surface area contributed by atoms with Gasteiger partial charge in [-0.1, -0.05) is 20.8 Å². The number of nitrogens with one attached hydrogen (secondary N) is 1. The number of oxazole rings is 1. The molecule has 0 aliphatic heterocycles. The number of hydrogen-bond donors (Lipinski definition) is 1. The molecule has 0 saturated carbocycles. The maximum Gasteiger partial charge on any atom is 0.270 e. The molecule has 0 saturated heterocycles. The number of nitrogens with zero attached hydrogens (tertiary/aromatic N) is 2. The van der Waals surface area contributed by atoms with E-state index in [0.717, 1.165) is 0 Å². The molecule has 8 nitrogen and oxygen atoms in total. The van der Waals surface area contributed by atoms with E-state index in [2.05, 4.69) is 10.3 Å². The molecule has 0 bridgehead atoms. The number of carbonyl (C=O) groups is 1. The second-order valence-corrected chi connectivity index (χ2v) is 7.05. The van der Waals surface area contributed by atoms with Crippen molar-refractivity contribution in [2.24, 2.45) is 0 Å². The van der Waals surface area contributed by atoms with Crippen molar-refractivity contribution in [1.29, 1.82) is 0 Å². The van der Waals surface area contributed by atoms with Crippen molar-refractivity contribution in [3.05, 3.63) is 58.0 Å². The summed E-state index contributed by atoms with van der Waals surface area (Å²) in [5.41, 5.74) is 1.37. The van der Waals surface area contributed by atoms with Crippen molar-refractivity contribution in [3.63, 3.8) is 0 Å². The van der Waals surface area contributed by atoms with Gasteiger partial charge in [-0.25, -0.2) is 4.98 Å². The van der Waals surface area contributed by atoms with Crippen LogP contribution in [0, 0.1) is 10.1 Å². The van der Waals surface area contributed by atoms with Gasteiger partial charge in [0.1, 0.15) is 11.3 Å². The number of benzene rings is 2. The molecule has 0 aliphatic rings. The molecule has 0 radical (unpaired) electrons. The maximum atomic E-state index is 12.6. The lowest BCUT2D eigenvalue weighted by atomic mass is 9.97. The summed E-state index contributed by atoms with van der Waals surface area (Å²) >= 11 is 0. The molecule has 1 heterocycles. The number of nitro benzene ring substituents is 1. The third kappa shape index (κ3) is 3.74. The highest BCUT2D eigenvalue weighted by Gasteiger charge is 2.22. The number of rotatable bonds is 4. The van der Waals surface area contributed by atoms with E-state index in [0.29, 0.717) is 22.7 Å². The summed E-state index contributed by atoms with van der Waals surface area (Å²) in [6.45, 7) is 5.99. The highest BCUT2D eigenvalue weighted by Crippen LogP contribution is 2.28. The fourth-order valence-electron chi connectivity index (χ4n) is 2.51. The number of non-ortho nitro benzene ring substituents is 1. The van der Waals surface area contributed by atoms with Crippen LogP contribution in [0.4, 0.5) is 11.4 Å². The van der Waals surface area contributed by atoms with Gasteiger partial charge in [-0.05, 0) is 24.3 Å². The number of nitro groups is 1. The Morgan fingerprint density at radius 3 is 2.59 bits per heavy atom. The van der Waals surface area contributed by atoms with Gasteiger partial charge in [0, 0.05) is 23.2 Å². The lowest BCUT2D eigenvalue weighted by Crippen LogP contribution is -2.13. The van der Waals surface area contributed by atoms with Crippen LogP contribution in [0.1, 0.15) is 37.0 Å². The summed E-state index contributed by atoms with van der Waals surface area (Å²) in [5.74, 6) is 0.325. The monoisotopic (exact) mass is 369 g/mol. The molecule has 0 unspecified atom stereocenters. The summed E-state index contributed by atoms with van der Waals surface area (Å²) in [4.78, 5) is 27.5. The van der Waals surface area contributed by atoms with Crippen molar-refractivity contribution in [2.45, 2.75) is 26.2 Å². The Labute approximate surface area is 155 Å². The summed E-state index contributed by atoms with van der Waals surface area (Å²) in [6, 6.07) is 8.95. The Morgan fingerprint density at radius 1 is 1.22 bits per heavy atom. The minimum atomic E-state index is -0.564. The van der Waals surface area contributed by atoms with Gasteiger partial charge in [-0.3, -0.25) is 14.9 Å². The lowest BCUT2D eigenvalue weighted by molar-refractivity contribution is -0.384. The van der Waals surface area contributed by atoms with Crippen LogP contribution in [-0.2, 0) is 5.41 Å². The Kier molecular flexibility index (Phi) is 4.57. The number of aromatic nitrogens is 1. The molecule has 3 rings (SSSR count). The first kappa shape index (κ1) is 18.4. The molecule has 2 aromatic carbocycles. The summed E-state index contributed by atoms with van der Waals surface area (Å²) < 4.78 is 10.9. The first-order valence-corrected chi connectivity index (χ1v) is 8.24. The van der Waals surface area contributed by atoms with Crippen LogP contribution < -0.4 is 10.1 Å². The van der Waals surface area contributed by atoms with Crippen molar-refractivity contribution >= 4 is 28.4 Å². The Bertz CT molecular complexity index is 1030. The minimum absolute atomic E-state index is 0.0716. The molecule has 1 aromatic heterocycles. The van der Waals surface area contributed by atoms with Crippen LogP contribution >= 0.6 is 0 Å². The van der Waals surface area contributed by atoms with Crippen LogP contribution in [0.5, 0.6) is 5.75 Å². The zero-order chi connectivity index (χ0) is 19.8. The fraction of sp³-hybridized carbons (Fsp3) is 0.263. The molecule has 27 heavy (non-hydrogen) atoms. The predicted octanol–water partition coefficient (Wildman–Crippen LogP) is 4.29. The SMILES string of the molecule is COc1ccc([N+](=O)[O-])cc1C(=O)Nc1ccc2oc(C(C)(C)C)nc2c1. The molecule has 0 aliphatic carbocycles. The van der Waals surface area contributed by atoms with Gasteiger partial charge in [-0.15, -0.1) is 0 Å². The zero-order valence-corrected chi connectivity index (χ0v) is 15.4. The number of amides is 1. The third-order valence-corrected chi connectivity index (χ3v) is 3.93. The molecular weight excluding hydrogens is 350 g/mol. The standard InChI is InChI=1S/C19H19N3O5/c1-19(2,3)18-21-14-9-11(5-7-16(14)27-18)20-17(23)13-10-12(22(24)25)6-8-15(13)26-4/h5-10H,1-4H3,(H,20,23). The van der Waals surface area contributed by atoms with E-state index in [1.807, 2.05) is 20.8 Å². The topological polar surface area (TPSA) is 108 Å². The van der Waals surface area contributed by atoms with Crippen molar-refractivity contribution in [2.75, 3.05) is 12.4 Å². The van der Waals surface area contributed by atoms with E-state index >= 15 is 0 Å². The minimum Gasteiger partial charge on any atom is -0.496 e. The van der Waals surface area contributed by atoms with Crippen molar-refractivity contribution in [1.82, 2.24) is 4.98 Å². The van der Waals surface area contributed by atoms with Crippen molar-refractivity contribution in [3.8, 4) is 5.75 Å². The Morgan fingerprint density at radius 2 is 1.96 bits per heavy atom. The molecule has 0 atom stereocenters. The van der Waals surface area contributed by atoms with Crippen LogP contribution in [0.2, 0.25) is 0 Å². The van der Waals surface area contributed by atoms with E-state index < -0.39 is 10.8 Å². The van der Waals surface area contributed by atoms with E-state index in [1.165, 1.54) is 25.3 Å². The van der Waals surface area contributed by atoms with Crippen LogP contribution in [0.15, 0.2) is 40.8 Å². The smallest absolute Gasteiger partial charge is 0.270 e. The molecule has 140 valence electrons. The number of hydrogen-bond acceptors (Lipinski definition) is 6. The van der Waals surface area contributed by atoms with Crippen LogP contribution in [0.3, 0.4) is 0 Å². The molecule has 8 heteroatoms. The first-order valence-electron chi connectivity index (χ1n) is 8.24. The van der Waals surface area contributed by atoms with Crippen LogP contribution in [0.25, 0.3) is 11.1 Å². The molecule has 1 N–H and O–H groups in total. The molecule has 3 aromatic rings. The number of ether oxygens (including phenoxy) is 1. The number of carbonyl (C=O) groups excluding carboxylic acids is 1. The quantitative estimate of drug-likeness (QED) is 0.543. The zero-order valence-electron chi connectivity index (χ0n) is 15.4. The summed E-state index contributed by atoms with van der Waals surface area (Å²) in [6.07, 6.45) is 0. The number of fused-ring (bicyclic) bond motifs is 1. The second-order valence-electron chi connectivity index (χ2n) is 7.05. The van der Waals surface area contributed by atoms with Crippen LogP contribution in [-0.4, -0.2) is 22.9 Å². The summed E-state index contributed by atoms with van der Waals surface area (Å²) in [7, 11) is 1.40. The Balaban J connectivity index is 1.92. The average Bonchev–Trinajstić information content (AvgIpc) is 3.04. The fourth-order valence-corrected chi connectivity index (χ4v) is 2.51. The molecule has 0 fully saturated rings. The molecule has 1 amide bonds. The normalized spacial score (nSPS) is 11.4. The summed E-state index contributed by atoms with van der Waals surface area (Å²) in [5, 5.41) is 13.7. The molecular formula is C19H19N3O5. The second kappa shape index (κ2) is 6.71. The number of anilines is 1. The Hall–Kier alpha value is -3.42. The van der Waals surface area contributed by atoms with E-state index in [4.69, 9.17) is 9.15 Å². The highest BCUT2D eigenvalue weighted by molar-refractivity contribution is 6.07. The third-order valence-electron chi connectivity index (χ3n) is 3.93. The average molecular weight is 369 g/mol. The van der Waals surface area contributed by atoms with Gasteiger partial charge in [0.15, 0.2) is 5.58 Å². The first-order chi connectivity index (χ1) is 12.7. The van der Waals surface area contributed by atoms with Gasteiger partial charge in [0.05, 0.1) is 17.6 Å².